The van der Waals surface area contributed by atoms with Crippen LogP contribution in [0.3, 0.4) is 0 Å². The summed E-state index contributed by atoms with van der Waals surface area (Å²) < 4.78 is 43.0. The van der Waals surface area contributed by atoms with E-state index in [1.807, 2.05) is 23.6 Å². The molecule has 1 aromatic carbocycles. The summed E-state index contributed by atoms with van der Waals surface area (Å²) in [6.07, 6.45) is 1.65. The molecule has 6 nitrogen and oxygen atoms in total. The Bertz CT molecular complexity index is 1010. The van der Waals surface area contributed by atoms with E-state index < -0.39 is 21.4 Å². The molecule has 1 N–H and O–H groups in total. The Morgan fingerprint density at radius 1 is 1.20 bits per heavy atom. The number of halogens is 1. The molecule has 0 bridgehead atoms. The Labute approximate surface area is 145 Å². The number of benzene rings is 1. The molecule has 0 aliphatic rings. The predicted octanol–water partition coefficient (Wildman–Crippen LogP) is 2.80. The Kier molecular flexibility index (Phi) is 4.34. The molecule has 0 saturated carbocycles. The van der Waals surface area contributed by atoms with Gasteiger partial charge in [-0.1, -0.05) is 0 Å². The summed E-state index contributed by atoms with van der Waals surface area (Å²) in [6.45, 7) is 6.06. The summed E-state index contributed by atoms with van der Waals surface area (Å²) in [7, 11) is -3.84. The van der Waals surface area contributed by atoms with Crippen molar-refractivity contribution < 1.29 is 12.8 Å². The molecule has 0 amide bonds. The van der Waals surface area contributed by atoms with Crippen LogP contribution in [0.2, 0.25) is 0 Å². The van der Waals surface area contributed by atoms with Gasteiger partial charge < -0.3 is 4.57 Å². The fourth-order valence-electron chi connectivity index (χ4n) is 2.81. The van der Waals surface area contributed by atoms with Crippen molar-refractivity contribution in [3.05, 3.63) is 54.2 Å². The van der Waals surface area contributed by atoms with Crippen LogP contribution in [0.1, 0.15) is 26.6 Å². The molecule has 0 unspecified atom stereocenters. The average molecular weight is 362 g/mol. The Balaban J connectivity index is 2.03. The van der Waals surface area contributed by atoms with Crippen molar-refractivity contribution in [3.8, 4) is 0 Å². The number of rotatable bonds is 5. The molecular formula is C17H19FN4O2S. The molecule has 3 rings (SSSR count). The van der Waals surface area contributed by atoms with Gasteiger partial charge in [-0.25, -0.2) is 22.8 Å². The van der Waals surface area contributed by atoms with Crippen molar-refractivity contribution >= 4 is 21.2 Å². The molecule has 2 heterocycles. The lowest BCUT2D eigenvalue weighted by atomic mass is 10.1. The van der Waals surface area contributed by atoms with E-state index in [1.54, 1.807) is 20.0 Å². The second kappa shape index (κ2) is 6.20. The molecule has 0 aliphatic carbocycles. The lowest BCUT2D eigenvalue weighted by Gasteiger charge is -2.26. The zero-order chi connectivity index (χ0) is 18.2. The third-order valence-corrected chi connectivity index (χ3v) is 5.58. The maximum atomic E-state index is 13.1. The number of aromatic nitrogens is 3. The van der Waals surface area contributed by atoms with Gasteiger partial charge in [-0.2, -0.15) is 4.72 Å². The molecule has 3 aromatic rings. The van der Waals surface area contributed by atoms with Gasteiger partial charge in [0.1, 0.15) is 11.6 Å². The second-order valence-electron chi connectivity index (χ2n) is 6.21. The topological polar surface area (TPSA) is 76.9 Å². The minimum atomic E-state index is -3.84. The molecule has 2 aromatic heterocycles. The van der Waals surface area contributed by atoms with Gasteiger partial charge in [0.05, 0.1) is 16.0 Å². The van der Waals surface area contributed by atoms with Gasteiger partial charge in [-0.05, 0) is 57.2 Å². The van der Waals surface area contributed by atoms with Gasteiger partial charge in [0.15, 0.2) is 5.65 Å². The standard InChI is InChI=1S/C17H19FN4O2S/c1-4-22-14-6-5-11-19-15(14)20-16(22)17(2,3)21-25(23,24)13-9-7-12(18)8-10-13/h5-11,21H,4H2,1-3H3. The highest BCUT2D eigenvalue weighted by molar-refractivity contribution is 7.89. The van der Waals surface area contributed by atoms with Gasteiger partial charge in [-0.3, -0.25) is 0 Å². The van der Waals surface area contributed by atoms with E-state index in [-0.39, 0.29) is 4.90 Å². The number of sulfonamides is 1. The number of hydrogen-bond donors (Lipinski definition) is 1. The van der Waals surface area contributed by atoms with Crippen molar-refractivity contribution in [2.45, 2.75) is 37.8 Å². The first-order valence-corrected chi connectivity index (χ1v) is 9.34. The molecule has 0 aliphatic heterocycles. The van der Waals surface area contributed by atoms with Crippen LogP contribution in [-0.4, -0.2) is 23.0 Å². The first-order valence-electron chi connectivity index (χ1n) is 7.86. The third kappa shape index (κ3) is 3.27. The average Bonchev–Trinajstić information content (AvgIpc) is 2.94. The van der Waals surface area contributed by atoms with Crippen LogP contribution in [0, 0.1) is 5.82 Å². The van der Waals surface area contributed by atoms with Gasteiger partial charge in [-0.15, -0.1) is 0 Å². The molecular weight excluding hydrogens is 343 g/mol. The van der Waals surface area contributed by atoms with Crippen LogP contribution < -0.4 is 4.72 Å². The summed E-state index contributed by atoms with van der Waals surface area (Å²) >= 11 is 0. The highest BCUT2D eigenvalue weighted by atomic mass is 32.2. The van der Waals surface area contributed by atoms with Crippen molar-refractivity contribution in [1.29, 1.82) is 0 Å². The first kappa shape index (κ1) is 17.5. The SMILES string of the molecule is CCn1c(C(C)(C)NS(=O)(=O)c2ccc(F)cc2)nc2ncccc21. The number of nitrogens with zero attached hydrogens (tertiary/aromatic N) is 3. The summed E-state index contributed by atoms with van der Waals surface area (Å²) in [5, 5.41) is 0. The van der Waals surface area contributed by atoms with E-state index in [0.717, 1.165) is 17.6 Å². The summed E-state index contributed by atoms with van der Waals surface area (Å²) in [5.74, 6) is 0.0754. The quantitative estimate of drug-likeness (QED) is 0.757. The highest BCUT2D eigenvalue weighted by Gasteiger charge is 2.33. The van der Waals surface area contributed by atoms with Crippen LogP contribution in [0.25, 0.3) is 11.2 Å². The molecule has 8 heteroatoms. The number of fused-ring (bicyclic) bond motifs is 1. The fraction of sp³-hybridized carbons (Fsp3) is 0.294. The molecule has 0 fully saturated rings. The van der Waals surface area contributed by atoms with Crippen molar-refractivity contribution in [2.75, 3.05) is 0 Å². The van der Waals surface area contributed by atoms with E-state index >= 15 is 0 Å². The van der Waals surface area contributed by atoms with Crippen molar-refractivity contribution in [3.63, 3.8) is 0 Å². The number of hydrogen-bond acceptors (Lipinski definition) is 4. The van der Waals surface area contributed by atoms with E-state index in [2.05, 4.69) is 14.7 Å². The number of pyridine rings is 1. The van der Waals surface area contributed by atoms with Crippen LogP contribution in [-0.2, 0) is 22.1 Å². The van der Waals surface area contributed by atoms with Gasteiger partial charge in [0.2, 0.25) is 10.0 Å². The second-order valence-corrected chi connectivity index (χ2v) is 7.89. The summed E-state index contributed by atoms with van der Waals surface area (Å²) in [6, 6.07) is 8.41. The zero-order valence-corrected chi connectivity index (χ0v) is 15.0. The lowest BCUT2D eigenvalue weighted by molar-refractivity contribution is 0.429. The van der Waals surface area contributed by atoms with Crippen molar-refractivity contribution in [2.24, 2.45) is 0 Å². The molecule has 0 radical (unpaired) electrons. The zero-order valence-electron chi connectivity index (χ0n) is 14.2. The van der Waals surface area contributed by atoms with E-state index in [0.29, 0.717) is 18.0 Å². The number of imidazole rings is 1. The highest BCUT2D eigenvalue weighted by Crippen LogP contribution is 2.26. The van der Waals surface area contributed by atoms with Gasteiger partial charge >= 0.3 is 0 Å². The summed E-state index contributed by atoms with van der Waals surface area (Å²) in [5.41, 5.74) is 0.423. The monoisotopic (exact) mass is 362 g/mol. The summed E-state index contributed by atoms with van der Waals surface area (Å²) in [4.78, 5) is 8.75. The first-order chi connectivity index (χ1) is 11.7. The normalized spacial score (nSPS) is 12.6. The van der Waals surface area contributed by atoms with E-state index in [4.69, 9.17) is 0 Å². The Morgan fingerprint density at radius 2 is 1.88 bits per heavy atom. The van der Waals surface area contributed by atoms with E-state index in [1.165, 1.54) is 12.1 Å². The number of nitrogens with one attached hydrogen (secondary N) is 1. The van der Waals surface area contributed by atoms with Crippen LogP contribution >= 0.6 is 0 Å². The van der Waals surface area contributed by atoms with E-state index in [9.17, 15) is 12.8 Å². The van der Waals surface area contributed by atoms with Crippen LogP contribution in [0.5, 0.6) is 0 Å². The Hall–Kier alpha value is -2.32. The van der Waals surface area contributed by atoms with Crippen LogP contribution in [0.15, 0.2) is 47.5 Å². The smallest absolute Gasteiger partial charge is 0.241 e. The molecule has 132 valence electrons. The predicted molar refractivity (Wildman–Crippen MR) is 92.9 cm³/mol. The third-order valence-electron chi connectivity index (χ3n) is 3.91. The largest absolute Gasteiger partial charge is 0.325 e. The molecule has 0 spiro atoms. The fourth-order valence-corrected chi connectivity index (χ4v) is 4.19. The minimum Gasteiger partial charge on any atom is -0.325 e. The number of aryl methyl sites for hydroxylation is 1. The maximum Gasteiger partial charge on any atom is 0.241 e. The maximum absolute atomic E-state index is 13.1. The van der Waals surface area contributed by atoms with Crippen LogP contribution in [0.4, 0.5) is 4.39 Å². The molecule has 0 saturated heterocycles. The van der Waals surface area contributed by atoms with Gasteiger partial charge in [0, 0.05) is 12.7 Å². The van der Waals surface area contributed by atoms with Crippen molar-refractivity contribution in [1.82, 2.24) is 19.3 Å². The minimum absolute atomic E-state index is 0.000686. The lowest BCUT2D eigenvalue weighted by Crippen LogP contribution is -2.42. The van der Waals surface area contributed by atoms with Gasteiger partial charge in [0.25, 0.3) is 0 Å². The molecule has 0 atom stereocenters. The Morgan fingerprint density at radius 3 is 2.52 bits per heavy atom. The molecule has 25 heavy (non-hydrogen) atoms.